The summed E-state index contributed by atoms with van der Waals surface area (Å²) in [5.41, 5.74) is 1.44. The molecule has 0 spiro atoms. The molecule has 0 radical (unpaired) electrons. The maximum absolute atomic E-state index is 12.5. The molecule has 23 heavy (non-hydrogen) atoms. The Morgan fingerprint density at radius 2 is 2.35 bits per heavy atom. The van der Waals surface area contributed by atoms with Crippen molar-refractivity contribution in [3.05, 3.63) is 40.2 Å². The van der Waals surface area contributed by atoms with Crippen LogP contribution in [0.4, 0.5) is 0 Å². The Labute approximate surface area is 135 Å². The van der Waals surface area contributed by atoms with E-state index in [-0.39, 0.29) is 11.8 Å². The minimum absolute atomic E-state index is 0.0622. The van der Waals surface area contributed by atoms with Gasteiger partial charge in [-0.1, -0.05) is 10.3 Å². The van der Waals surface area contributed by atoms with Crippen molar-refractivity contribution >= 4 is 17.2 Å². The zero-order chi connectivity index (χ0) is 15.8. The van der Waals surface area contributed by atoms with Crippen molar-refractivity contribution < 1.29 is 13.8 Å². The van der Waals surface area contributed by atoms with Crippen LogP contribution in [-0.2, 0) is 0 Å². The van der Waals surface area contributed by atoms with E-state index in [1.54, 1.807) is 23.2 Å². The predicted molar refractivity (Wildman–Crippen MR) is 82.1 cm³/mol. The van der Waals surface area contributed by atoms with Crippen LogP contribution in [0.2, 0.25) is 0 Å². The second-order valence-electron chi connectivity index (χ2n) is 5.50. The van der Waals surface area contributed by atoms with E-state index in [4.69, 9.17) is 9.05 Å². The van der Waals surface area contributed by atoms with Crippen LogP contribution in [0.25, 0.3) is 11.5 Å². The minimum Gasteiger partial charge on any atom is -0.361 e. The highest BCUT2D eigenvalue weighted by Crippen LogP contribution is 2.29. The fraction of sp³-hybridized carbons (Fsp3) is 0.333. The van der Waals surface area contributed by atoms with Crippen LogP contribution in [0.3, 0.4) is 0 Å². The van der Waals surface area contributed by atoms with Gasteiger partial charge in [-0.2, -0.15) is 16.3 Å². The number of carbonyl (C=O) groups is 1. The number of hydrogen-bond donors (Lipinski definition) is 0. The van der Waals surface area contributed by atoms with Crippen molar-refractivity contribution in [2.24, 2.45) is 0 Å². The average Bonchev–Trinajstić information content (AvgIpc) is 3.31. The lowest BCUT2D eigenvalue weighted by Gasteiger charge is -2.14. The molecule has 0 aliphatic carbocycles. The van der Waals surface area contributed by atoms with Crippen LogP contribution in [0.1, 0.15) is 34.3 Å². The molecule has 0 N–H and O–H groups in total. The van der Waals surface area contributed by atoms with Gasteiger partial charge in [-0.3, -0.25) is 4.79 Å². The highest BCUT2D eigenvalue weighted by atomic mass is 32.1. The summed E-state index contributed by atoms with van der Waals surface area (Å²) < 4.78 is 10.3. The molecule has 1 saturated heterocycles. The van der Waals surface area contributed by atoms with Crippen molar-refractivity contribution in [3.63, 3.8) is 0 Å². The third kappa shape index (κ3) is 2.55. The standard InChI is InChI=1S/C15H14N4O3S/c1-9-12(6-16-21-9)15(20)19-4-2-10(7-19)13-17-14(22-18-13)11-3-5-23-8-11/h3,5-6,8,10H,2,4,7H2,1H3/t10-/m0/s1. The Bertz CT molecular complexity index is 824. The fourth-order valence-electron chi connectivity index (χ4n) is 2.73. The third-order valence-electron chi connectivity index (χ3n) is 4.03. The molecule has 1 aliphatic rings. The van der Waals surface area contributed by atoms with Crippen molar-refractivity contribution in [1.29, 1.82) is 0 Å². The molecule has 8 heteroatoms. The van der Waals surface area contributed by atoms with Crippen LogP contribution in [0.15, 0.2) is 32.1 Å². The second kappa shape index (κ2) is 5.62. The zero-order valence-electron chi connectivity index (χ0n) is 12.4. The Hall–Kier alpha value is -2.48. The molecule has 0 unspecified atom stereocenters. The molecule has 0 bridgehead atoms. The third-order valence-corrected chi connectivity index (χ3v) is 4.71. The zero-order valence-corrected chi connectivity index (χ0v) is 13.2. The number of carbonyl (C=O) groups excluding carboxylic acids is 1. The first-order valence-corrected chi connectivity index (χ1v) is 8.23. The molecular formula is C15H14N4O3S. The Balaban J connectivity index is 1.48. The molecule has 4 heterocycles. The normalized spacial score (nSPS) is 17.8. The molecule has 118 valence electrons. The summed E-state index contributed by atoms with van der Waals surface area (Å²) in [6.07, 6.45) is 2.28. The van der Waals surface area contributed by atoms with Crippen LogP contribution in [0.5, 0.6) is 0 Å². The summed E-state index contributed by atoms with van der Waals surface area (Å²) in [4.78, 5) is 18.7. The van der Waals surface area contributed by atoms with Gasteiger partial charge in [0.15, 0.2) is 5.82 Å². The summed E-state index contributed by atoms with van der Waals surface area (Å²) in [7, 11) is 0. The summed E-state index contributed by atoms with van der Waals surface area (Å²) in [6.45, 7) is 2.97. The smallest absolute Gasteiger partial charge is 0.259 e. The van der Waals surface area contributed by atoms with Gasteiger partial charge in [-0.15, -0.1) is 0 Å². The Morgan fingerprint density at radius 1 is 1.43 bits per heavy atom. The monoisotopic (exact) mass is 330 g/mol. The van der Waals surface area contributed by atoms with E-state index in [9.17, 15) is 4.79 Å². The predicted octanol–water partition coefficient (Wildman–Crippen LogP) is 2.72. The number of aromatic nitrogens is 3. The molecule has 1 amide bonds. The second-order valence-corrected chi connectivity index (χ2v) is 6.28. The summed E-state index contributed by atoms with van der Waals surface area (Å²) in [6, 6.07) is 1.95. The van der Waals surface area contributed by atoms with E-state index >= 15 is 0 Å². The molecule has 0 aromatic carbocycles. The van der Waals surface area contributed by atoms with Crippen LogP contribution < -0.4 is 0 Å². The van der Waals surface area contributed by atoms with Crippen molar-refractivity contribution in [3.8, 4) is 11.5 Å². The van der Waals surface area contributed by atoms with Crippen LogP contribution in [0, 0.1) is 6.92 Å². The molecule has 1 atom stereocenters. The number of rotatable bonds is 3. The minimum atomic E-state index is -0.0622. The largest absolute Gasteiger partial charge is 0.361 e. The topological polar surface area (TPSA) is 85.3 Å². The van der Waals surface area contributed by atoms with Gasteiger partial charge in [0.25, 0.3) is 11.8 Å². The van der Waals surface area contributed by atoms with E-state index in [1.165, 1.54) is 6.20 Å². The summed E-state index contributed by atoms with van der Waals surface area (Å²) >= 11 is 1.58. The number of likely N-dealkylation sites (tertiary alicyclic amines) is 1. The Morgan fingerprint density at radius 3 is 3.09 bits per heavy atom. The van der Waals surface area contributed by atoms with Gasteiger partial charge in [0.05, 0.1) is 11.8 Å². The molecule has 1 fully saturated rings. The molecule has 0 saturated carbocycles. The van der Waals surface area contributed by atoms with Crippen LogP contribution >= 0.6 is 11.3 Å². The Kier molecular flexibility index (Phi) is 3.45. The van der Waals surface area contributed by atoms with Gasteiger partial charge in [0.1, 0.15) is 11.3 Å². The highest BCUT2D eigenvalue weighted by Gasteiger charge is 2.32. The molecule has 3 aromatic rings. The molecule has 3 aromatic heterocycles. The van der Waals surface area contributed by atoms with E-state index in [0.29, 0.717) is 36.1 Å². The molecule has 1 aliphatic heterocycles. The maximum Gasteiger partial charge on any atom is 0.259 e. The number of thiophene rings is 1. The van der Waals surface area contributed by atoms with E-state index in [0.717, 1.165) is 12.0 Å². The highest BCUT2D eigenvalue weighted by molar-refractivity contribution is 7.08. The van der Waals surface area contributed by atoms with Crippen molar-refractivity contribution in [2.75, 3.05) is 13.1 Å². The SMILES string of the molecule is Cc1oncc1C(=O)N1CC[C@H](c2noc(-c3ccsc3)n2)C1. The lowest BCUT2D eigenvalue weighted by Crippen LogP contribution is -2.28. The molecular weight excluding hydrogens is 316 g/mol. The lowest BCUT2D eigenvalue weighted by atomic mass is 10.1. The summed E-state index contributed by atoms with van der Waals surface area (Å²) in [5.74, 6) is 1.75. The number of amides is 1. The van der Waals surface area contributed by atoms with Gasteiger partial charge in [0.2, 0.25) is 0 Å². The summed E-state index contributed by atoms with van der Waals surface area (Å²) in [5, 5.41) is 11.7. The average molecular weight is 330 g/mol. The first kappa shape index (κ1) is 14.1. The van der Waals surface area contributed by atoms with Gasteiger partial charge >= 0.3 is 0 Å². The number of hydrogen-bond acceptors (Lipinski definition) is 7. The van der Waals surface area contributed by atoms with Gasteiger partial charge < -0.3 is 13.9 Å². The van der Waals surface area contributed by atoms with Gasteiger partial charge in [-0.25, -0.2) is 0 Å². The van der Waals surface area contributed by atoms with Crippen molar-refractivity contribution in [2.45, 2.75) is 19.3 Å². The van der Waals surface area contributed by atoms with Crippen molar-refractivity contribution in [1.82, 2.24) is 20.2 Å². The molecule has 4 rings (SSSR count). The van der Waals surface area contributed by atoms with E-state index in [2.05, 4.69) is 15.3 Å². The first-order valence-electron chi connectivity index (χ1n) is 7.29. The fourth-order valence-corrected chi connectivity index (χ4v) is 3.36. The van der Waals surface area contributed by atoms with E-state index < -0.39 is 0 Å². The quantitative estimate of drug-likeness (QED) is 0.734. The lowest BCUT2D eigenvalue weighted by molar-refractivity contribution is 0.0788. The van der Waals surface area contributed by atoms with E-state index in [1.807, 2.05) is 16.8 Å². The number of nitrogens with zero attached hydrogens (tertiary/aromatic N) is 4. The molecule has 7 nitrogen and oxygen atoms in total. The maximum atomic E-state index is 12.5. The number of aryl methyl sites for hydroxylation is 1. The van der Waals surface area contributed by atoms with Gasteiger partial charge in [0, 0.05) is 24.4 Å². The van der Waals surface area contributed by atoms with Crippen LogP contribution in [-0.4, -0.2) is 39.2 Å². The first-order chi connectivity index (χ1) is 11.2. The van der Waals surface area contributed by atoms with Gasteiger partial charge in [-0.05, 0) is 24.8 Å².